The molecule has 5 saturated carbocycles. The molecule has 22 heavy (non-hydrogen) atoms. The van der Waals surface area contributed by atoms with Gasteiger partial charge in [0.15, 0.2) is 0 Å². The summed E-state index contributed by atoms with van der Waals surface area (Å²) in [5, 5.41) is 0. The Morgan fingerprint density at radius 1 is 0.727 bits per heavy atom. The molecule has 8 atom stereocenters. The van der Waals surface area contributed by atoms with Crippen LogP contribution in [0.5, 0.6) is 0 Å². The molecule has 0 saturated heterocycles. The van der Waals surface area contributed by atoms with E-state index in [9.17, 15) is 9.59 Å². The van der Waals surface area contributed by atoms with Crippen molar-refractivity contribution in [2.45, 2.75) is 25.7 Å². The average molecular weight is 304 g/mol. The molecular formula is C18H24O4. The van der Waals surface area contributed by atoms with Crippen LogP contribution in [0.3, 0.4) is 0 Å². The molecular weight excluding hydrogens is 280 g/mol. The van der Waals surface area contributed by atoms with Crippen molar-refractivity contribution in [1.82, 2.24) is 0 Å². The van der Waals surface area contributed by atoms with E-state index in [0.717, 1.165) is 47.3 Å². The molecule has 5 fully saturated rings. The Morgan fingerprint density at radius 3 is 1.32 bits per heavy atom. The topological polar surface area (TPSA) is 52.6 Å². The maximum absolute atomic E-state index is 11.8. The molecule has 5 aliphatic carbocycles. The molecule has 120 valence electrons. The van der Waals surface area contributed by atoms with Crippen LogP contribution in [-0.4, -0.2) is 26.2 Å². The largest absolute Gasteiger partial charge is 0.469 e. The maximum Gasteiger partial charge on any atom is 0.305 e. The minimum Gasteiger partial charge on any atom is -0.469 e. The Bertz CT molecular complexity index is 459. The second kappa shape index (κ2) is 4.27. The van der Waals surface area contributed by atoms with Gasteiger partial charge in [-0.1, -0.05) is 0 Å². The molecule has 0 spiro atoms. The Hall–Kier alpha value is -1.06. The molecule has 5 rings (SSSR count). The first-order chi connectivity index (χ1) is 10.7. The third kappa shape index (κ3) is 1.36. The van der Waals surface area contributed by atoms with Gasteiger partial charge in [0.2, 0.25) is 0 Å². The van der Waals surface area contributed by atoms with Gasteiger partial charge in [-0.3, -0.25) is 9.59 Å². The van der Waals surface area contributed by atoms with Gasteiger partial charge in [-0.05, 0) is 72.0 Å². The Morgan fingerprint density at radius 2 is 1.05 bits per heavy atom. The number of rotatable bonds is 4. The molecule has 0 aromatic carbocycles. The molecule has 0 amide bonds. The lowest BCUT2D eigenvalue weighted by Crippen LogP contribution is -2.41. The predicted molar refractivity (Wildman–Crippen MR) is 77.4 cm³/mol. The standard InChI is InChI=1S/C18H24O4/c1-21-13(19)5-7-9-3-11-8(6-14(20)22-2)12-4-10(7)16-15(9)17(11)18(12)16/h7-12,15-18H,3-6H2,1-2H3/t7?,8?,9-,10-,11+,12+,15?,16?,17?,18?. The van der Waals surface area contributed by atoms with Gasteiger partial charge in [0.25, 0.3) is 0 Å². The van der Waals surface area contributed by atoms with Gasteiger partial charge in [0.1, 0.15) is 0 Å². The zero-order valence-electron chi connectivity index (χ0n) is 13.2. The van der Waals surface area contributed by atoms with Crippen LogP contribution in [0.1, 0.15) is 25.7 Å². The van der Waals surface area contributed by atoms with E-state index in [1.165, 1.54) is 27.1 Å². The van der Waals surface area contributed by atoms with E-state index in [1.54, 1.807) is 0 Å². The van der Waals surface area contributed by atoms with Crippen molar-refractivity contribution in [2.75, 3.05) is 14.2 Å². The minimum absolute atomic E-state index is 0.0296. The second-order valence-electron chi connectivity index (χ2n) is 8.32. The molecule has 0 aliphatic heterocycles. The molecule has 4 heteroatoms. The quantitative estimate of drug-likeness (QED) is 0.747. The van der Waals surface area contributed by atoms with Gasteiger partial charge in [-0.25, -0.2) is 0 Å². The minimum atomic E-state index is -0.0296. The zero-order chi connectivity index (χ0) is 15.2. The van der Waals surface area contributed by atoms with Gasteiger partial charge in [-0.2, -0.15) is 0 Å². The highest BCUT2D eigenvalue weighted by molar-refractivity contribution is 5.70. The number of carbonyl (C=O) groups excluding carboxylic acids is 2. The van der Waals surface area contributed by atoms with Crippen molar-refractivity contribution < 1.29 is 19.1 Å². The van der Waals surface area contributed by atoms with E-state index in [0.29, 0.717) is 24.7 Å². The summed E-state index contributed by atoms with van der Waals surface area (Å²) in [6.07, 6.45) is 3.75. The Labute approximate surface area is 130 Å². The highest BCUT2D eigenvalue weighted by Crippen LogP contribution is 2.83. The van der Waals surface area contributed by atoms with E-state index in [-0.39, 0.29) is 11.9 Å². The van der Waals surface area contributed by atoms with Crippen LogP contribution in [0.4, 0.5) is 0 Å². The van der Waals surface area contributed by atoms with Crippen LogP contribution in [0.15, 0.2) is 0 Å². The van der Waals surface area contributed by atoms with E-state index in [4.69, 9.17) is 9.47 Å². The Kier molecular flexibility index (Phi) is 2.60. The second-order valence-corrected chi connectivity index (χ2v) is 8.32. The van der Waals surface area contributed by atoms with E-state index < -0.39 is 0 Å². The fraction of sp³-hybridized carbons (Fsp3) is 0.889. The summed E-state index contributed by atoms with van der Waals surface area (Å²) in [7, 11) is 3.01. The monoisotopic (exact) mass is 304 g/mol. The molecule has 0 bridgehead atoms. The number of carbonyl (C=O) groups is 2. The number of hydrogen-bond donors (Lipinski definition) is 0. The SMILES string of the molecule is COC(=O)CC1[C@@H]2C[C@H]3C4C2C2C4[C@H](C[C@H]21)C3CC(=O)OC. The molecule has 0 aromatic rings. The van der Waals surface area contributed by atoms with Crippen molar-refractivity contribution in [2.24, 2.45) is 59.2 Å². The van der Waals surface area contributed by atoms with Crippen molar-refractivity contribution >= 4 is 11.9 Å². The van der Waals surface area contributed by atoms with Crippen LogP contribution >= 0.6 is 0 Å². The van der Waals surface area contributed by atoms with Crippen LogP contribution in [0, 0.1) is 59.2 Å². The first kappa shape index (κ1) is 13.4. The third-order valence-electron chi connectivity index (χ3n) is 8.30. The smallest absolute Gasteiger partial charge is 0.305 e. The summed E-state index contributed by atoms with van der Waals surface area (Å²) >= 11 is 0. The van der Waals surface area contributed by atoms with Crippen LogP contribution in [0.25, 0.3) is 0 Å². The van der Waals surface area contributed by atoms with Gasteiger partial charge >= 0.3 is 11.9 Å². The summed E-state index contributed by atoms with van der Waals surface area (Å²) in [4.78, 5) is 23.6. The van der Waals surface area contributed by atoms with Crippen molar-refractivity contribution in [3.63, 3.8) is 0 Å². The first-order valence-corrected chi connectivity index (χ1v) is 8.79. The maximum atomic E-state index is 11.8. The lowest BCUT2D eigenvalue weighted by Gasteiger charge is -2.44. The highest BCUT2D eigenvalue weighted by Gasteiger charge is 2.78. The summed E-state index contributed by atoms with van der Waals surface area (Å²) in [6, 6.07) is 0. The molecule has 5 aliphatic rings. The fourth-order valence-electron chi connectivity index (χ4n) is 8.05. The number of esters is 2. The zero-order valence-corrected chi connectivity index (χ0v) is 13.2. The average Bonchev–Trinajstić information content (AvgIpc) is 3.11. The van der Waals surface area contributed by atoms with Crippen LogP contribution in [0.2, 0.25) is 0 Å². The van der Waals surface area contributed by atoms with Crippen molar-refractivity contribution in [3.8, 4) is 0 Å². The van der Waals surface area contributed by atoms with E-state index in [2.05, 4.69) is 0 Å². The van der Waals surface area contributed by atoms with Crippen molar-refractivity contribution in [1.29, 1.82) is 0 Å². The molecule has 4 unspecified atom stereocenters. The lowest BCUT2D eigenvalue weighted by atomic mass is 9.60. The molecule has 4 nitrogen and oxygen atoms in total. The molecule has 0 heterocycles. The number of hydrogen-bond acceptors (Lipinski definition) is 4. The van der Waals surface area contributed by atoms with Gasteiger partial charge in [-0.15, -0.1) is 0 Å². The molecule has 0 radical (unpaired) electrons. The molecule has 0 aromatic heterocycles. The predicted octanol–water partition coefficient (Wildman–Crippen LogP) is 2.12. The summed E-state index contributed by atoms with van der Waals surface area (Å²) in [6.45, 7) is 0. The van der Waals surface area contributed by atoms with Crippen molar-refractivity contribution in [3.05, 3.63) is 0 Å². The first-order valence-electron chi connectivity index (χ1n) is 8.79. The highest BCUT2D eigenvalue weighted by atomic mass is 16.5. The third-order valence-corrected chi connectivity index (χ3v) is 8.30. The van der Waals surface area contributed by atoms with E-state index in [1.807, 2.05) is 0 Å². The van der Waals surface area contributed by atoms with E-state index >= 15 is 0 Å². The summed E-state index contributed by atoms with van der Waals surface area (Å²) < 4.78 is 9.88. The van der Waals surface area contributed by atoms with Gasteiger partial charge in [0, 0.05) is 12.8 Å². The fourth-order valence-corrected chi connectivity index (χ4v) is 8.05. The van der Waals surface area contributed by atoms with Crippen LogP contribution < -0.4 is 0 Å². The summed E-state index contributed by atoms with van der Waals surface area (Å²) in [5.74, 6) is 7.41. The van der Waals surface area contributed by atoms with Crippen LogP contribution in [-0.2, 0) is 19.1 Å². The normalized spacial score (nSPS) is 55.2. The summed E-state index contributed by atoms with van der Waals surface area (Å²) in [5.41, 5.74) is 0. The van der Waals surface area contributed by atoms with Gasteiger partial charge < -0.3 is 9.47 Å². The number of methoxy groups -OCH3 is 2. The lowest BCUT2D eigenvalue weighted by molar-refractivity contribution is -0.142. The number of ether oxygens (including phenoxy) is 2. The molecule has 0 N–H and O–H groups in total. The Balaban J connectivity index is 1.43. The van der Waals surface area contributed by atoms with Gasteiger partial charge in [0.05, 0.1) is 14.2 Å².